The number of aliphatic imine (C=N–C) groups is 2. The molecule has 1 aromatic rings. The summed E-state index contributed by atoms with van der Waals surface area (Å²) in [5, 5.41) is 0. The van der Waals surface area contributed by atoms with Gasteiger partial charge >= 0.3 is 0 Å². The molecule has 0 saturated carbocycles. The van der Waals surface area contributed by atoms with Crippen molar-refractivity contribution < 1.29 is 0 Å². The van der Waals surface area contributed by atoms with Gasteiger partial charge in [-0.25, -0.2) is 4.99 Å². The lowest BCUT2D eigenvalue weighted by molar-refractivity contribution is 0.234. The van der Waals surface area contributed by atoms with E-state index < -0.39 is 0 Å². The van der Waals surface area contributed by atoms with E-state index >= 15 is 0 Å². The smallest absolute Gasteiger partial charge is 0.120 e. The summed E-state index contributed by atoms with van der Waals surface area (Å²) in [5.74, 6) is 0.881. The van der Waals surface area contributed by atoms with E-state index in [4.69, 9.17) is 0 Å². The first-order chi connectivity index (χ1) is 9.10. The molecular weight excluding hydrogens is 234 g/mol. The Morgan fingerprint density at radius 3 is 2.68 bits per heavy atom. The predicted octanol–water partition coefficient (Wildman–Crippen LogP) is 3.04. The van der Waals surface area contributed by atoms with Crippen LogP contribution in [-0.4, -0.2) is 28.0 Å². The molecule has 2 unspecified atom stereocenters. The van der Waals surface area contributed by atoms with Gasteiger partial charge in [0.15, 0.2) is 0 Å². The summed E-state index contributed by atoms with van der Waals surface area (Å²) in [5.41, 5.74) is 2.34. The van der Waals surface area contributed by atoms with Crippen molar-refractivity contribution in [3.05, 3.63) is 48.2 Å². The number of hydrogen-bond donors (Lipinski definition) is 0. The van der Waals surface area contributed by atoms with Gasteiger partial charge in [-0.15, -0.1) is 0 Å². The molecule has 2 atom stereocenters. The monoisotopic (exact) mass is 253 g/mol. The number of fused-ring (bicyclic) bond motifs is 1. The molecule has 2 heterocycles. The standard InChI is InChI=1S/C16H19N3/c1-12-16(3)15(18-13(2)17-12)9-10-19(16)11-14-7-5-4-6-8-14/h4-10,15H,11H2,1-3H3. The zero-order valence-electron chi connectivity index (χ0n) is 11.7. The molecule has 0 bridgehead atoms. The van der Waals surface area contributed by atoms with Crippen LogP contribution >= 0.6 is 0 Å². The Bertz CT molecular complexity index is 571. The SMILES string of the molecule is CC1=NC2C=CN(Cc3ccccc3)C2(C)C(C)=N1. The molecule has 19 heavy (non-hydrogen) atoms. The van der Waals surface area contributed by atoms with E-state index in [0.717, 1.165) is 18.1 Å². The van der Waals surface area contributed by atoms with Crippen LogP contribution in [0.5, 0.6) is 0 Å². The average molecular weight is 253 g/mol. The van der Waals surface area contributed by atoms with Crippen molar-refractivity contribution in [1.82, 2.24) is 4.90 Å². The fourth-order valence-corrected chi connectivity index (χ4v) is 2.87. The van der Waals surface area contributed by atoms with Gasteiger partial charge in [-0.1, -0.05) is 30.3 Å². The number of benzene rings is 1. The van der Waals surface area contributed by atoms with Gasteiger partial charge in [-0.05, 0) is 38.6 Å². The third-order valence-electron chi connectivity index (χ3n) is 4.20. The van der Waals surface area contributed by atoms with Crippen LogP contribution in [0.4, 0.5) is 0 Å². The second kappa shape index (κ2) is 4.34. The molecule has 3 heteroatoms. The van der Waals surface area contributed by atoms with Crippen molar-refractivity contribution in [1.29, 1.82) is 0 Å². The van der Waals surface area contributed by atoms with E-state index in [1.807, 2.05) is 6.92 Å². The van der Waals surface area contributed by atoms with Crippen LogP contribution in [0.2, 0.25) is 0 Å². The van der Waals surface area contributed by atoms with Gasteiger partial charge in [0, 0.05) is 12.3 Å². The summed E-state index contributed by atoms with van der Waals surface area (Å²) in [7, 11) is 0. The minimum atomic E-state index is -0.116. The summed E-state index contributed by atoms with van der Waals surface area (Å²) in [6, 6.07) is 10.7. The summed E-state index contributed by atoms with van der Waals surface area (Å²) in [6.45, 7) is 7.20. The maximum absolute atomic E-state index is 4.66. The van der Waals surface area contributed by atoms with Gasteiger partial charge in [0.2, 0.25) is 0 Å². The maximum Gasteiger partial charge on any atom is 0.120 e. The van der Waals surface area contributed by atoms with E-state index in [2.05, 4.69) is 71.3 Å². The Morgan fingerprint density at radius 1 is 1.21 bits per heavy atom. The first kappa shape index (κ1) is 12.2. The van der Waals surface area contributed by atoms with E-state index in [-0.39, 0.29) is 11.6 Å². The van der Waals surface area contributed by atoms with Crippen molar-refractivity contribution in [3.63, 3.8) is 0 Å². The minimum Gasteiger partial charge on any atom is -0.360 e. The molecule has 98 valence electrons. The largest absolute Gasteiger partial charge is 0.360 e. The fourth-order valence-electron chi connectivity index (χ4n) is 2.87. The van der Waals surface area contributed by atoms with Crippen molar-refractivity contribution in [2.45, 2.75) is 38.9 Å². The van der Waals surface area contributed by atoms with Gasteiger partial charge in [0.05, 0.1) is 0 Å². The number of hydrogen-bond acceptors (Lipinski definition) is 3. The molecule has 0 saturated heterocycles. The molecule has 2 aliphatic rings. The van der Waals surface area contributed by atoms with Crippen LogP contribution in [0.25, 0.3) is 0 Å². The zero-order valence-corrected chi connectivity index (χ0v) is 11.7. The molecule has 0 N–H and O–H groups in total. The quantitative estimate of drug-likeness (QED) is 0.796. The van der Waals surface area contributed by atoms with Crippen LogP contribution in [0.15, 0.2) is 52.6 Å². The molecule has 0 spiro atoms. The highest BCUT2D eigenvalue weighted by molar-refractivity contribution is 6.04. The fraction of sp³-hybridized carbons (Fsp3) is 0.375. The van der Waals surface area contributed by atoms with Crippen LogP contribution in [-0.2, 0) is 6.54 Å². The van der Waals surface area contributed by atoms with Gasteiger partial charge in [0.1, 0.15) is 17.4 Å². The third kappa shape index (κ3) is 1.89. The number of nitrogens with zero attached hydrogens (tertiary/aromatic N) is 3. The molecule has 0 aromatic heterocycles. The predicted molar refractivity (Wildman–Crippen MR) is 79.5 cm³/mol. The van der Waals surface area contributed by atoms with Crippen LogP contribution in [0.1, 0.15) is 26.3 Å². The average Bonchev–Trinajstić information content (AvgIpc) is 2.70. The summed E-state index contributed by atoms with van der Waals surface area (Å²) in [4.78, 5) is 11.6. The Balaban J connectivity index is 1.90. The Labute approximate surface area is 114 Å². The normalized spacial score (nSPS) is 29.0. The van der Waals surface area contributed by atoms with Crippen LogP contribution in [0, 0.1) is 0 Å². The second-order valence-corrected chi connectivity index (χ2v) is 5.42. The highest BCUT2D eigenvalue weighted by Gasteiger charge is 2.45. The van der Waals surface area contributed by atoms with Gasteiger partial charge in [-0.2, -0.15) is 0 Å². The molecule has 2 aliphatic heterocycles. The van der Waals surface area contributed by atoms with Gasteiger partial charge in [-0.3, -0.25) is 4.99 Å². The number of rotatable bonds is 2. The lowest BCUT2D eigenvalue weighted by Gasteiger charge is -2.41. The van der Waals surface area contributed by atoms with E-state index in [1.165, 1.54) is 5.56 Å². The molecule has 0 amide bonds. The van der Waals surface area contributed by atoms with Crippen molar-refractivity contribution >= 4 is 11.5 Å². The Hall–Kier alpha value is -1.90. The van der Waals surface area contributed by atoms with Gasteiger partial charge < -0.3 is 4.90 Å². The summed E-state index contributed by atoms with van der Waals surface area (Å²) in [6.07, 6.45) is 4.35. The molecule has 1 aromatic carbocycles. The van der Waals surface area contributed by atoms with Crippen LogP contribution in [0.3, 0.4) is 0 Å². The first-order valence-corrected chi connectivity index (χ1v) is 6.70. The minimum absolute atomic E-state index is 0.116. The molecule has 3 rings (SSSR count). The highest BCUT2D eigenvalue weighted by Crippen LogP contribution is 2.34. The van der Waals surface area contributed by atoms with E-state index in [9.17, 15) is 0 Å². The zero-order chi connectivity index (χ0) is 13.5. The third-order valence-corrected chi connectivity index (χ3v) is 4.20. The molecule has 3 nitrogen and oxygen atoms in total. The lowest BCUT2D eigenvalue weighted by atomic mass is 9.87. The van der Waals surface area contributed by atoms with Crippen molar-refractivity contribution in [2.75, 3.05) is 0 Å². The molecular formula is C16H19N3. The Kier molecular flexibility index (Phi) is 2.77. The Morgan fingerprint density at radius 2 is 1.95 bits per heavy atom. The van der Waals surface area contributed by atoms with Crippen molar-refractivity contribution in [2.24, 2.45) is 9.98 Å². The summed E-state index contributed by atoms with van der Waals surface area (Å²) < 4.78 is 0. The topological polar surface area (TPSA) is 28.0 Å². The van der Waals surface area contributed by atoms with Gasteiger partial charge in [0.25, 0.3) is 0 Å². The second-order valence-electron chi connectivity index (χ2n) is 5.42. The highest BCUT2D eigenvalue weighted by atomic mass is 15.3. The lowest BCUT2D eigenvalue weighted by Crippen LogP contribution is -2.54. The first-order valence-electron chi connectivity index (χ1n) is 6.70. The maximum atomic E-state index is 4.66. The molecule has 0 fully saturated rings. The van der Waals surface area contributed by atoms with Crippen molar-refractivity contribution in [3.8, 4) is 0 Å². The van der Waals surface area contributed by atoms with E-state index in [0.29, 0.717) is 0 Å². The number of amidine groups is 1. The summed E-state index contributed by atoms with van der Waals surface area (Å²) >= 11 is 0. The molecule has 0 aliphatic carbocycles. The van der Waals surface area contributed by atoms with E-state index in [1.54, 1.807) is 0 Å². The molecule has 0 radical (unpaired) electrons. The van der Waals surface area contributed by atoms with Crippen LogP contribution < -0.4 is 0 Å².